The molecule has 4 heteroatoms. The van der Waals surface area contributed by atoms with Crippen LogP contribution >= 0.6 is 0 Å². The van der Waals surface area contributed by atoms with E-state index in [-0.39, 0.29) is 30.4 Å². The molecule has 18 heavy (non-hydrogen) atoms. The fourth-order valence-corrected chi connectivity index (χ4v) is 2.32. The van der Waals surface area contributed by atoms with Crippen molar-refractivity contribution in [1.29, 1.82) is 0 Å². The molecule has 2 atom stereocenters. The van der Waals surface area contributed by atoms with Crippen LogP contribution in [0.1, 0.15) is 31.2 Å². The van der Waals surface area contributed by atoms with Crippen LogP contribution in [0.25, 0.3) is 0 Å². The first-order valence-corrected chi connectivity index (χ1v) is 6.34. The summed E-state index contributed by atoms with van der Waals surface area (Å²) < 4.78 is 18.5. The average Bonchev–Trinajstić information content (AvgIpc) is 2.38. The second kappa shape index (κ2) is 5.96. The van der Waals surface area contributed by atoms with Gasteiger partial charge in [-0.05, 0) is 18.9 Å². The van der Waals surface area contributed by atoms with Crippen LogP contribution in [0.5, 0.6) is 0 Å². The Bertz CT molecular complexity index is 422. The summed E-state index contributed by atoms with van der Waals surface area (Å²) in [7, 11) is 0. The lowest BCUT2D eigenvalue weighted by atomic mass is 9.85. The maximum Gasteiger partial charge on any atom is 0.310 e. The van der Waals surface area contributed by atoms with E-state index in [1.54, 1.807) is 18.2 Å². The van der Waals surface area contributed by atoms with Crippen molar-refractivity contribution in [3.8, 4) is 0 Å². The van der Waals surface area contributed by atoms with Gasteiger partial charge in [-0.15, -0.1) is 0 Å². The molecule has 98 valence electrons. The van der Waals surface area contributed by atoms with E-state index in [0.29, 0.717) is 5.56 Å². The fraction of sp³-hybridized carbons (Fsp3) is 0.500. The second-order valence-corrected chi connectivity index (χ2v) is 4.75. The van der Waals surface area contributed by atoms with Gasteiger partial charge >= 0.3 is 5.97 Å². The Morgan fingerprint density at radius 1 is 1.33 bits per heavy atom. The summed E-state index contributed by atoms with van der Waals surface area (Å²) in [5.41, 5.74) is 6.30. The molecule has 1 aromatic rings. The molecule has 1 aliphatic rings. The van der Waals surface area contributed by atoms with E-state index in [1.165, 1.54) is 6.07 Å². The number of carbonyl (C=O) groups excluding carboxylic acids is 1. The molecule has 1 saturated carbocycles. The Balaban J connectivity index is 1.90. The van der Waals surface area contributed by atoms with Gasteiger partial charge in [0.05, 0.1) is 5.92 Å². The second-order valence-electron chi connectivity index (χ2n) is 4.75. The fourth-order valence-electron chi connectivity index (χ4n) is 2.32. The van der Waals surface area contributed by atoms with Gasteiger partial charge in [-0.3, -0.25) is 4.79 Å². The Labute approximate surface area is 106 Å². The van der Waals surface area contributed by atoms with Crippen molar-refractivity contribution in [1.82, 2.24) is 0 Å². The lowest BCUT2D eigenvalue weighted by molar-refractivity contribution is -0.151. The first-order chi connectivity index (χ1) is 8.68. The molecule has 0 radical (unpaired) electrons. The smallest absolute Gasteiger partial charge is 0.310 e. The molecule has 0 aliphatic heterocycles. The molecule has 2 rings (SSSR count). The first kappa shape index (κ1) is 13.0. The summed E-state index contributed by atoms with van der Waals surface area (Å²) >= 11 is 0. The molecule has 3 nitrogen and oxygen atoms in total. The van der Waals surface area contributed by atoms with Gasteiger partial charge in [0.15, 0.2) is 0 Å². The number of nitrogens with two attached hydrogens (primary N) is 1. The molecule has 1 fully saturated rings. The van der Waals surface area contributed by atoms with Crippen molar-refractivity contribution in [3.05, 3.63) is 35.6 Å². The summed E-state index contributed by atoms with van der Waals surface area (Å²) in [4.78, 5) is 11.9. The molecule has 1 aromatic carbocycles. The number of esters is 1. The van der Waals surface area contributed by atoms with E-state index in [9.17, 15) is 9.18 Å². The van der Waals surface area contributed by atoms with Crippen molar-refractivity contribution >= 4 is 5.97 Å². The van der Waals surface area contributed by atoms with Crippen molar-refractivity contribution in [3.63, 3.8) is 0 Å². The molecule has 2 N–H and O–H groups in total. The van der Waals surface area contributed by atoms with Crippen LogP contribution in [0.15, 0.2) is 24.3 Å². The van der Waals surface area contributed by atoms with Crippen molar-refractivity contribution in [2.24, 2.45) is 11.7 Å². The van der Waals surface area contributed by atoms with Gasteiger partial charge in [0.2, 0.25) is 0 Å². The normalized spacial score (nSPS) is 23.7. The average molecular weight is 251 g/mol. The highest BCUT2D eigenvalue weighted by Gasteiger charge is 2.29. The lowest BCUT2D eigenvalue weighted by Crippen LogP contribution is -2.38. The monoisotopic (exact) mass is 251 g/mol. The van der Waals surface area contributed by atoms with Gasteiger partial charge in [0, 0.05) is 11.6 Å². The van der Waals surface area contributed by atoms with Gasteiger partial charge in [-0.25, -0.2) is 4.39 Å². The molecular formula is C14H18FNO2. The first-order valence-electron chi connectivity index (χ1n) is 6.34. The van der Waals surface area contributed by atoms with E-state index < -0.39 is 0 Å². The quantitative estimate of drug-likeness (QED) is 0.839. The third-order valence-electron chi connectivity index (χ3n) is 3.45. The van der Waals surface area contributed by atoms with Crippen LogP contribution in [0.3, 0.4) is 0 Å². The molecule has 1 aliphatic carbocycles. The Morgan fingerprint density at radius 2 is 2.06 bits per heavy atom. The van der Waals surface area contributed by atoms with Crippen molar-refractivity contribution in [2.75, 3.05) is 0 Å². The largest absolute Gasteiger partial charge is 0.460 e. The zero-order chi connectivity index (χ0) is 13.0. The molecule has 0 saturated heterocycles. The van der Waals surface area contributed by atoms with Gasteiger partial charge in [0.25, 0.3) is 0 Å². The molecular weight excluding hydrogens is 233 g/mol. The Hall–Kier alpha value is -1.42. The van der Waals surface area contributed by atoms with Crippen LogP contribution in [0, 0.1) is 11.7 Å². The molecule has 0 amide bonds. The number of benzene rings is 1. The SMILES string of the molecule is NC1CCCCC1C(=O)OCc1ccccc1F. The number of halogens is 1. The highest BCUT2D eigenvalue weighted by molar-refractivity contribution is 5.73. The summed E-state index contributed by atoms with van der Waals surface area (Å²) in [5, 5.41) is 0. The number of ether oxygens (including phenoxy) is 1. The predicted octanol–water partition coefficient (Wildman–Crippen LogP) is 2.39. The topological polar surface area (TPSA) is 52.3 Å². The molecule has 0 aromatic heterocycles. The maximum atomic E-state index is 13.3. The van der Waals surface area contributed by atoms with E-state index in [4.69, 9.17) is 10.5 Å². The predicted molar refractivity (Wildman–Crippen MR) is 66.1 cm³/mol. The number of rotatable bonds is 3. The van der Waals surface area contributed by atoms with Crippen LogP contribution in [-0.4, -0.2) is 12.0 Å². The zero-order valence-corrected chi connectivity index (χ0v) is 10.3. The van der Waals surface area contributed by atoms with E-state index in [0.717, 1.165) is 25.7 Å². The van der Waals surface area contributed by atoms with Crippen LogP contribution in [0.2, 0.25) is 0 Å². The highest BCUT2D eigenvalue weighted by Crippen LogP contribution is 2.24. The third-order valence-corrected chi connectivity index (χ3v) is 3.45. The zero-order valence-electron chi connectivity index (χ0n) is 10.3. The molecule has 0 heterocycles. The summed E-state index contributed by atoms with van der Waals surface area (Å²) in [6.45, 7) is -0.0191. The minimum Gasteiger partial charge on any atom is -0.460 e. The Kier molecular flexibility index (Phi) is 4.31. The summed E-state index contributed by atoms with van der Waals surface area (Å²) in [6, 6.07) is 6.18. The summed E-state index contributed by atoms with van der Waals surface area (Å²) in [6.07, 6.45) is 3.71. The van der Waals surface area contributed by atoms with Gasteiger partial charge in [0.1, 0.15) is 12.4 Å². The minimum atomic E-state index is -0.349. The van der Waals surface area contributed by atoms with E-state index >= 15 is 0 Å². The Morgan fingerprint density at radius 3 is 2.78 bits per heavy atom. The van der Waals surface area contributed by atoms with Crippen LogP contribution in [-0.2, 0) is 16.1 Å². The number of hydrogen-bond acceptors (Lipinski definition) is 3. The maximum absolute atomic E-state index is 13.3. The molecule has 0 spiro atoms. The van der Waals surface area contributed by atoms with Crippen molar-refractivity contribution < 1.29 is 13.9 Å². The van der Waals surface area contributed by atoms with Gasteiger partial charge in [-0.2, -0.15) is 0 Å². The lowest BCUT2D eigenvalue weighted by Gasteiger charge is -2.26. The minimum absolute atomic E-state index is 0.0191. The number of hydrogen-bond donors (Lipinski definition) is 1. The third kappa shape index (κ3) is 3.07. The van der Waals surface area contributed by atoms with E-state index in [1.807, 2.05) is 0 Å². The van der Waals surface area contributed by atoms with Gasteiger partial charge < -0.3 is 10.5 Å². The molecule has 0 bridgehead atoms. The van der Waals surface area contributed by atoms with Crippen LogP contribution in [0.4, 0.5) is 4.39 Å². The van der Waals surface area contributed by atoms with Gasteiger partial charge in [-0.1, -0.05) is 31.0 Å². The summed E-state index contributed by atoms with van der Waals surface area (Å²) in [5.74, 6) is -0.880. The number of carbonyl (C=O) groups is 1. The highest BCUT2D eigenvalue weighted by atomic mass is 19.1. The van der Waals surface area contributed by atoms with Crippen molar-refractivity contribution in [2.45, 2.75) is 38.3 Å². The molecule has 2 unspecified atom stereocenters. The standard InChI is InChI=1S/C14H18FNO2/c15-12-7-3-1-5-10(12)9-18-14(17)11-6-2-4-8-13(11)16/h1,3,5,7,11,13H,2,4,6,8-9,16H2. The van der Waals surface area contributed by atoms with E-state index in [2.05, 4.69) is 0 Å². The van der Waals surface area contributed by atoms with Crippen LogP contribution < -0.4 is 5.73 Å².